The Morgan fingerprint density at radius 2 is 2.14 bits per heavy atom. The first-order valence-corrected chi connectivity index (χ1v) is 6.97. The molecule has 0 aromatic carbocycles. The average molecular weight is 217 g/mol. The molecule has 84 valence electrons. The monoisotopic (exact) mass is 217 g/mol. The first-order chi connectivity index (χ1) is 6.74. The summed E-state index contributed by atoms with van der Waals surface area (Å²) in [6.45, 7) is 3.30. The Morgan fingerprint density at radius 3 is 2.79 bits per heavy atom. The first-order valence-electron chi connectivity index (χ1n) is 5.68. The molecule has 2 nitrogen and oxygen atoms in total. The van der Waals surface area contributed by atoms with Crippen molar-refractivity contribution in [3.8, 4) is 0 Å². The molecule has 1 saturated carbocycles. The van der Waals surface area contributed by atoms with Crippen LogP contribution in [0.5, 0.6) is 0 Å². The molecule has 0 spiro atoms. The Hall–Kier alpha value is 0.270. The Morgan fingerprint density at radius 1 is 1.43 bits per heavy atom. The number of rotatable bonds is 5. The summed E-state index contributed by atoms with van der Waals surface area (Å²) in [5, 5.41) is 13.9. The van der Waals surface area contributed by atoms with Gasteiger partial charge in [-0.25, -0.2) is 0 Å². The second kappa shape index (κ2) is 6.70. The van der Waals surface area contributed by atoms with Crippen molar-refractivity contribution in [3.05, 3.63) is 0 Å². The van der Waals surface area contributed by atoms with E-state index in [-0.39, 0.29) is 6.10 Å². The number of thioether (sulfide) groups is 1. The summed E-state index contributed by atoms with van der Waals surface area (Å²) >= 11 is 1.91. The minimum absolute atomic E-state index is 0.103. The fourth-order valence-corrected chi connectivity index (χ4v) is 2.29. The van der Waals surface area contributed by atoms with E-state index < -0.39 is 0 Å². The normalized spacial score (nSPS) is 30.2. The maximum Gasteiger partial charge on any atom is 0.0693 e. The van der Waals surface area contributed by atoms with Crippen LogP contribution in [0.2, 0.25) is 0 Å². The Kier molecular flexibility index (Phi) is 5.90. The predicted octanol–water partition coefficient (Wildman–Crippen LogP) is 2.02. The van der Waals surface area contributed by atoms with Gasteiger partial charge in [-0.1, -0.05) is 19.8 Å². The Bertz CT molecular complexity index is 154. The van der Waals surface area contributed by atoms with Crippen LogP contribution in [-0.2, 0) is 0 Å². The number of hydrogen-bond donors (Lipinski definition) is 2. The molecule has 1 rings (SSSR count). The van der Waals surface area contributed by atoms with Crippen LogP contribution in [0, 0.1) is 0 Å². The Labute approximate surface area is 91.9 Å². The molecule has 0 heterocycles. The van der Waals surface area contributed by atoms with Gasteiger partial charge in [0.25, 0.3) is 0 Å². The van der Waals surface area contributed by atoms with Crippen molar-refractivity contribution in [1.82, 2.24) is 5.32 Å². The van der Waals surface area contributed by atoms with E-state index in [2.05, 4.69) is 18.5 Å². The van der Waals surface area contributed by atoms with E-state index >= 15 is 0 Å². The maximum atomic E-state index is 9.72. The smallest absolute Gasteiger partial charge is 0.0693 e. The SMILES string of the molecule is CSC(C)CCN[C@H]1CCCC[C@@H]1O. The van der Waals surface area contributed by atoms with Crippen LogP contribution in [0.4, 0.5) is 0 Å². The van der Waals surface area contributed by atoms with Gasteiger partial charge >= 0.3 is 0 Å². The van der Waals surface area contributed by atoms with Crippen LogP contribution < -0.4 is 5.32 Å². The topological polar surface area (TPSA) is 32.3 Å². The van der Waals surface area contributed by atoms with Crippen LogP contribution >= 0.6 is 11.8 Å². The highest BCUT2D eigenvalue weighted by molar-refractivity contribution is 7.99. The fraction of sp³-hybridized carbons (Fsp3) is 1.00. The second-order valence-electron chi connectivity index (χ2n) is 4.25. The first kappa shape index (κ1) is 12.3. The average Bonchev–Trinajstić information content (AvgIpc) is 2.20. The van der Waals surface area contributed by atoms with E-state index in [4.69, 9.17) is 0 Å². The molecule has 0 bridgehead atoms. The van der Waals surface area contributed by atoms with Crippen LogP contribution in [0.25, 0.3) is 0 Å². The molecule has 3 atom stereocenters. The van der Waals surface area contributed by atoms with Crippen LogP contribution in [-0.4, -0.2) is 35.3 Å². The van der Waals surface area contributed by atoms with Crippen molar-refractivity contribution in [2.24, 2.45) is 0 Å². The molecule has 0 radical (unpaired) electrons. The minimum Gasteiger partial charge on any atom is -0.392 e. The lowest BCUT2D eigenvalue weighted by Gasteiger charge is -2.28. The van der Waals surface area contributed by atoms with Gasteiger partial charge in [0.05, 0.1) is 6.10 Å². The van der Waals surface area contributed by atoms with Gasteiger partial charge in [-0.2, -0.15) is 11.8 Å². The van der Waals surface area contributed by atoms with E-state index in [9.17, 15) is 5.11 Å². The molecule has 0 aromatic rings. The van der Waals surface area contributed by atoms with E-state index in [1.807, 2.05) is 11.8 Å². The van der Waals surface area contributed by atoms with Crippen molar-refractivity contribution in [3.63, 3.8) is 0 Å². The molecule has 2 N–H and O–H groups in total. The number of hydrogen-bond acceptors (Lipinski definition) is 3. The molecule has 1 aliphatic rings. The van der Waals surface area contributed by atoms with Gasteiger partial charge in [-0.05, 0) is 32.1 Å². The van der Waals surface area contributed by atoms with Gasteiger partial charge in [-0.3, -0.25) is 0 Å². The molecule has 1 aliphatic carbocycles. The quantitative estimate of drug-likeness (QED) is 0.739. The highest BCUT2D eigenvalue weighted by Crippen LogP contribution is 2.18. The summed E-state index contributed by atoms with van der Waals surface area (Å²) in [6, 6.07) is 0.359. The molecule has 0 aliphatic heterocycles. The number of nitrogens with one attached hydrogen (secondary N) is 1. The van der Waals surface area contributed by atoms with E-state index in [0.29, 0.717) is 6.04 Å². The molecule has 1 fully saturated rings. The highest BCUT2D eigenvalue weighted by atomic mass is 32.2. The van der Waals surface area contributed by atoms with E-state index in [1.165, 1.54) is 19.3 Å². The summed E-state index contributed by atoms with van der Waals surface area (Å²) in [6.07, 6.45) is 7.84. The third-order valence-corrected chi connectivity index (χ3v) is 4.13. The highest BCUT2D eigenvalue weighted by Gasteiger charge is 2.21. The van der Waals surface area contributed by atoms with Crippen molar-refractivity contribution in [1.29, 1.82) is 0 Å². The molecular weight excluding hydrogens is 194 g/mol. The van der Waals surface area contributed by atoms with E-state index in [1.54, 1.807) is 0 Å². The third kappa shape index (κ3) is 4.20. The summed E-state index contributed by atoms with van der Waals surface area (Å²) in [5.74, 6) is 0. The molecular formula is C11H23NOS. The van der Waals surface area contributed by atoms with Gasteiger partial charge in [0.15, 0.2) is 0 Å². The lowest BCUT2D eigenvalue weighted by atomic mass is 9.92. The van der Waals surface area contributed by atoms with Crippen LogP contribution in [0.3, 0.4) is 0 Å². The summed E-state index contributed by atoms with van der Waals surface area (Å²) < 4.78 is 0. The lowest BCUT2D eigenvalue weighted by molar-refractivity contribution is 0.0911. The fourth-order valence-electron chi connectivity index (χ4n) is 1.94. The second-order valence-corrected chi connectivity index (χ2v) is 5.52. The van der Waals surface area contributed by atoms with Crippen molar-refractivity contribution in [2.75, 3.05) is 12.8 Å². The lowest BCUT2D eigenvalue weighted by Crippen LogP contribution is -2.42. The summed E-state index contributed by atoms with van der Waals surface area (Å²) in [7, 11) is 0. The molecule has 0 amide bonds. The third-order valence-electron chi connectivity index (χ3n) is 3.09. The minimum atomic E-state index is -0.103. The van der Waals surface area contributed by atoms with Crippen molar-refractivity contribution >= 4 is 11.8 Å². The zero-order chi connectivity index (χ0) is 10.4. The number of aliphatic hydroxyl groups is 1. The van der Waals surface area contributed by atoms with Crippen LogP contribution in [0.1, 0.15) is 39.0 Å². The van der Waals surface area contributed by atoms with Crippen LogP contribution in [0.15, 0.2) is 0 Å². The van der Waals surface area contributed by atoms with E-state index in [0.717, 1.165) is 24.6 Å². The zero-order valence-electron chi connectivity index (χ0n) is 9.33. The molecule has 14 heavy (non-hydrogen) atoms. The van der Waals surface area contributed by atoms with Gasteiger partial charge in [0.2, 0.25) is 0 Å². The van der Waals surface area contributed by atoms with Gasteiger partial charge < -0.3 is 10.4 Å². The molecule has 1 unspecified atom stereocenters. The van der Waals surface area contributed by atoms with Crippen molar-refractivity contribution in [2.45, 2.75) is 56.4 Å². The number of aliphatic hydroxyl groups excluding tert-OH is 1. The largest absolute Gasteiger partial charge is 0.392 e. The van der Waals surface area contributed by atoms with Gasteiger partial charge in [-0.15, -0.1) is 0 Å². The maximum absolute atomic E-state index is 9.72. The molecule has 0 saturated heterocycles. The molecule has 3 heteroatoms. The zero-order valence-corrected chi connectivity index (χ0v) is 10.1. The van der Waals surface area contributed by atoms with Gasteiger partial charge in [0, 0.05) is 11.3 Å². The van der Waals surface area contributed by atoms with Gasteiger partial charge in [0.1, 0.15) is 0 Å². The Balaban J connectivity index is 2.10. The van der Waals surface area contributed by atoms with Crippen molar-refractivity contribution < 1.29 is 5.11 Å². The predicted molar refractivity (Wildman–Crippen MR) is 63.9 cm³/mol. The summed E-state index contributed by atoms with van der Waals surface area (Å²) in [4.78, 5) is 0. The summed E-state index contributed by atoms with van der Waals surface area (Å²) in [5.41, 5.74) is 0. The standard InChI is InChI=1S/C11H23NOS/c1-9(14-2)7-8-12-10-5-3-4-6-11(10)13/h9-13H,3-8H2,1-2H3/t9?,10-,11-/m0/s1. The molecule has 0 aromatic heterocycles.